The van der Waals surface area contributed by atoms with E-state index in [0.29, 0.717) is 25.2 Å². The Hall–Kier alpha value is -1.82. The van der Waals surface area contributed by atoms with Crippen LogP contribution in [0.5, 0.6) is 0 Å². The predicted molar refractivity (Wildman–Crippen MR) is 86.6 cm³/mol. The normalized spacial score (nSPS) is 16.0. The van der Waals surface area contributed by atoms with Gasteiger partial charge >= 0.3 is 6.09 Å². The fourth-order valence-corrected chi connectivity index (χ4v) is 2.10. The number of nitrogens with one attached hydrogen (secondary N) is 1. The van der Waals surface area contributed by atoms with Crippen LogP contribution in [-0.4, -0.2) is 66.7 Å². The van der Waals surface area contributed by atoms with Crippen molar-refractivity contribution in [2.45, 2.75) is 26.4 Å². The van der Waals surface area contributed by atoms with Gasteiger partial charge in [-0.05, 0) is 20.8 Å². The van der Waals surface area contributed by atoms with Crippen LogP contribution in [0.3, 0.4) is 0 Å². The maximum Gasteiger partial charge on any atom is 0.407 e. The molecule has 0 saturated carbocycles. The molecule has 0 aromatic carbocycles. The SMILES string of the molecule is C=CC(=C)C(=O)N1CCN(CCNC(=O)OC(C)(C)C)CC1. The second-order valence-corrected chi connectivity index (χ2v) is 6.29. The number of carbonyl (C=O) groups is 2. The topological polar surface area (TPSA) is 61.9 Å². The molecule has 1 fully saturated rings. The van der Waals surface area contributed by atoms with E-state index in [0.717, 1.165) is 19.6 Å². The van der Waals surface area contributed by atoms with E-state index in [-0.39, 0.29) is 5.91 Å². The molecule has 0 aromatic heterocycles. The van der Waals surface area contributed by atoms with Gasteiger partial charge in [-0.1, -0.05) is 19.2 Å². The number of piperazine rings is 1. The summed E-state index contributed by atoms with van der Waals surface area (Å²) >= 11 is 0. The van der Waals surface area contributed by atoms with Crippen LogP contribution in [-0.2, 0) is 9.53 Å². The highest BCUT2D eigenvalue weighted by Gasteiger charge is 2.22. The number of nitrogens with zero attached hydrogens (tertiary/aromatic N) is 2. The van der Waals surface area contributed by atoms with Crippen LogP contribution in [0.25, 0.3) is 0 Å². The Labute approximate surface area is 132 Å². The van der Waals surface area contributed by atoms with Gasteiger partial charge in [-0.2, -0.15) is 0 Å². The van der Waals surface area contributed by atoms with E-state index >= 15 is 0 Å². The second-order valence-electron chi connectivity index (χ2n) is 6.29. The van der Waals surface area contributed by atoms with E-state index in [1.54, 1.807) is 4.90 Å². The Kier molecular flexibility index (Phi) is 6.61. The minimum atomic E-state index is -0.483. The molecule has 22 heavy (non-hydrogen) atoms. The van der Waals surface area contributed by atoms with Crippen molar-refractivity contribution in [2.24, 2.45) is 0 Å². The maximum absolute atomic E-state index is 11.9. The number of amides is 2. The van der Waals surface area contributed by atoms with E-state index in [2.05, 4.69) is 23.4 Å². The molecule has 0 unspecified atom stereocenters. The fraction of sp³-hybridized carbons (Fsp3) is 0.625. The van der Waals surface area contributed by atoms with Crippen LogP contribution in [0, 0.1) is 0 Å². The predicted octanol–water partition coefficient (Wildman–Crippen LogP) is 1.40. The lowest BCUT2D eigenvalue weighted by atomic mass is 10.2. The quantitative estimate of drug-likeness (QED) is 0.616. The van der Waals surface area contributed by atoms with Crippen LogP contribution >= 0.6 is 0 Å². The summed E-state index contributed by atoms with van der Waals surface area (Å²) in [5.74, 6) is -0.0541. The van der Waals surface area contributed by atoms with Gasteiger partial charge in [-0.25, -0.2) is 4.79 Å². The summed E-state index contributed by atoms with van der Waals surface area (Å²) in [6.45, 7) is 16.9. The van der Waals surface area contributed by atoms with E-state index in [9.17, 15) is 9.59 Å². The number of rotatable bonds is 5. The number of hydrogen-bond acceptors (Lipinski definition) is 4. The summed E-state index contributed by atoms with van der Waals surface area (Å²) in [4.78, 5) is 27.4. The molecule has 0 aliphatic carbocycles. The highest BCUT2D eigenvalue weighted by molar-refractivity contribution is 5.95. The van der Waals surface area contributed by atoms with Crippen molar-refractivity contribution >= 4 is 12.0 Å². The highest BCUT2D eigenvalue weighted by Crippen LogP contribution is 2.07. The third-order valence-corrected chi connectivity index (χ3v) is 3.28. The molecule has 1 heterocycles. The zero-order chi connectivity index (χ0) is 16.8. The molecule has 124 valence electrons. The van der Waals surface area contributed by atoms with Gasteiger partial charge in [0, 0.05) is 44.8 Å². The molecule has 0 bridgehead atoms. The molecule has 1 aliphatic rings. The van der Waals surface area contributed by atoms with E-state index in [1.807, 2.05) is 20.8 Å². The zero-order valence-electron chi connectivity index (χ0n) is 13.9. The van der Waals surface area contributed by atoms with Crippen molar-refractivity contribution in [1.29, 1.82) is 0 Å². The second kappa shape index (κ2) is 7.98. The lowest BCUT2D eigenvalue weighted by Crippen LogP contribution is -2.50. The van der Waals surface area contributed by atoms with Crippen molar-refractivity contribution in [3.05, 3.63) is 24.8 Å². The molecule has 0 aromatic rings. The Morgan fingerprint density at radius 3 is 2.32 bits per heavy atom. The minimum Gasteiger partial charge on any atom is -0.444 e. The molecule has 1 N–H and O–H groups in total. The zero-order valence-corrected chi connectivity index (χ0v) is 13.9. The average molecular weight is 309 g/mol. The van der Waals surface area contributed by atoms with Crippen LogP contribution in [0.15, 0.2) is 24.8 Å². The fourth-order valence-electron chi connectivity index (χ4n) is 2.10. The number of ether oxygens (including phenoxy) is 1. The smallest absolute Gasteiger partial charge is 0.407 e. The van der Waals surface area contributed by atoms with Crippen LogP contribution in [0.2, 0.25) is 0 Å². The van der Waals surface area contributed by atoms with Gasteiger partial charge in [0.25, 0.3) is 5.91 Å². The standard InChI is InChI=1S/C16H27N3O3/c1-6-13(2)14(20)19-11-9-18(10-12-19)8-7-17-15(21)22-16(3,4)5/h6H,1-2,7-12H2,3-5H3,(H,17,21). The lowest BCUT2D eigenvalue weighted by Gasteiger charge is -2.34. The molecule has 6 nitrogen and oxygen atoms in total. The molecular formula is C16H27N3O3. The summed E-state index contributed by atoms with van der Waals surface area (Å²) in [7, 11) is 0. The van der Waals surface area contributed by atoms with Gasteiger partial charge in [0.05, 0.1) is 0 Å². The molecule has 1 rings (SSSR count). The molecule has 6 heteroatoms. The van der Waals surface area contributed by atoms with Gasteiger partial charge in [-0.15, -0.1) is 0 Å². The summed E-state index contributed by atoms with van der Waals surface area (Å²) in [6.07, 6.45) is 1.09. The van der Waals surface area contributed by atoms with Crippen molar-refractivity contribution < 1.29 is 14.3 Å². The first-order chi connectivity index (χ1) is 10.2. The van der Waals surface area contributed by atoms with Crippen molar-refractivity contribution in [2.75, 3.05) is 39.3 Å². The largest absolute Gasteiger partial charge is 0.444 e. The summed E-state index contributed by atoms with van der Waals surface area (Å²) < 4.78 is 5.17. The van der Waals surface area contributed by atoms with Gasteiger partial charge in [-0.3, -0.25) is 9.69 Å². The third-order valence-electron chi connectivity index (χ3n) is 3.28. The summed E-state index contributed by atoms with van der Waals surface area (Å²) in [5.41, 5.74) is -0.0519. The molecule has 0 atom stereocenters. The lowest BCUT2D eigenvalue weighted by molar-refractivity contribution is -0.128. The highest BCUT2D eigenvalue weighted by atomic mass is 16.6. The first-order valence-corrected chi connectivity index (χ1v) is 7.53. The molecular weight excluding hydrogens is 282 g/mol. The number of alkyl carbamates (subject to hydrolysis) is 1. The van der Waals surface area contributed by atoms with Gasteiger partial charge < -0.3 is 15.0 Å². The van der Waals surface area contributed by atoms with Gasteiger partial charge in [0.15, 0.2) is 0 Å². The Bertz CT molecular complexity index is 432. The van der Waals surface area contributed by atoms with E-state index < -0.39 is 11.7 Å². The molecule has 0 radical (unpaired) electrons. The molecule has 1 saturated heterocycles. The van der Waals surface area contributed by atoms with E-state index in [4.69, 9.17) is 4.74 Å². The Morgan fingerprint density at radius 2 is 1.82 bits per heavy atom. The first kappa shape index (κ1) is 18.2. The minimum absolute atomic E-state index is 0.0541. The van der Waals surface area contributed by atoms with Crippen molar-refractivity contribution in [1.82, 2.24) is 15.1 Å². The monoisotopic (exact) mass is 309 g/mol. The van der Waals surface area contributed by atoms with Gasteiger partial charge in [0.1, 0.15) is 5.60 Å². The van der Waals surface area contributed by atoms with Gasteiger partial charge in [0.2, 0.25) is 0 Å². The van der Waals surface area contributed by atoms with E-state index in [1.165, 1.54) is 6.08 Å². The van der Waals surface area contributed by atoms with Crippen LogP contribution in [0.1, 0.15) is 20.8 Å². The molecule has 2 amide bonds. The van der Waals surface area contributed by atoms with Crippen LogP contribution in [0.4, 0.5) is 4.79 Å². The Morgan fingerprint density at radius 1 is 1.23 bits per heavy atom. The number of hydrogen-bond donors (Lipinski definition) is 1. The molecule has 1 aliphatic heterocycles. The van der Waals surface area contributed by atoms with Crippen molar-refractivity contribution in [3.8, 4) is 0 Å². The maximum atomic E-state index is 11.9. The average Bonchev–Trinajstić information content (AvgIpc) is 2.44. The van der Waals surface area contributed by atoms with Crippen LogP contribution < -0.4 is 5.32 Å². The first-order valence-electron chi connectivity index (χ1n) is 7.53. The summed E-state index contributed by atoms with van der Waals surface area (Å²) in [5, 5.41) is 2.74. The Balaban J connectivity index is 2.24. The molecule has 0 spiro atoms. The van der Waals surface area contributed by atoms with Crippen molar-refractivity contribution in [3.63, 3.8) is 0 Å². The summed E-state index contributed by atoms with van der Waals surface area (Å²) in [6, 6.07) is 0. The third kappa shape index (κ3) is 6.30. The number of carbonyl (C=O) groups excluding carboxylic acids is 2.